The van der Waals surface area contributed by atoms with E-state index in [2.05, 4.69) is 5.32 Å². The van der Waals surface area contributed by atoms with Gasteiger partial charge in [0.05, 0.1) is 11.0 Å². The molecule has 2 atom stereocenters. The Labute approximate surface area is 109 Å². The highest BCUT2D eigenvalue weighted by Crippen LogP contribution is 2.21. The summed E-state index contributed by atoms with van der Waals surface area (Å²) in [5.41, 5.74) is 5.99. The molecule has 0 radical (unpaired) electrons. The summed E-state index contributed by atoms with van der Waals surface area (Å²) < 4.78 is 5.46. The maximum absolute atomic E-state index is 10.9. The summed E-state index contributed by atoms with van der Waals surface area (Å²) in [4.78, 5) is 21.0. The van der Waals surface area contributed by atoms with Gasteiger partial charge in [-0.25, -0.2) is 0 Å². The molecule has 1 heterocycles. The Morgan fingerprint density at radius 3 is 2.63 bits per heavy atom. The van der Waals surface area contributed by atoms with Crippen molar-refractivity contribution in [3.63, 3.8) is 0 Å². The Balaban J connectivity index is 1.83. The van der Waals surface area contributed by atoms with Crippen LogP contribution in [0.4, 0.5) is 11.4 Å². The topological polar surface area (TPSA) is 107 Å². The quantitative estimate of drug-likeness (QED) is 0.611. The molecule has 7 nitrogen and oxygen atoms in total. The molecule has 1 aliphatic rings. The standard InChI is InChI=1S/C12H15N3O4/c13-12(16)11-6-5-10(19-11)7-14-8-1-3-9(4-2-8)15(17)18/h1-4,10-11,14H,5-7H2,(H2,13,16). The zero-order chi connectivity index (χ0) is 13.8. The molecule has 7 heteroatoms. The number of anilines is 1. The summed E-state index contributed by atoms with van der Waals surface area (Å²) in [7, 11) is 0. The van der Waals surface area contributed by atoms with Crippen molar-refractivity contribution in [1.82, 2.24) is 0 Å². The Bertz CT molecular complexity index is 474. The Kier molecular flexibility index (Phi) is 3.96. The van der Waals surface area contributed by atoms with E-state index in [1.54, 1.807) is 12.1 Å². The van der Waals surface area contributed by atoms with Crippen LogP contribution in [0, 0.1) is 10.1 Å². The van der Waals surface area contributed by atoms with Crippen molar-refractivity contribution in [2.45, 2.75) is 25.0 Å². The molecule has 19 heavy (non-hydrogen) atoms. The molecule has 0 saturated carbocycles. The first kappa shape index (κ1) is 13.3. The first-order chi connectivity index (χ1) is 9.06. The van der Waals surface area contributed by atoms with Gasteiger partial charge in [0.1, 0.15) is 6.10 Å². The molecule has 0 bridgehead atoms. The lowest BCUT2D eigenvalue weighted by Crippen LogP contribution is -2.30. The lowest BCUT2D eigenvalue weighted by atomic mass is 10.2. The fourth-order valence-corrected chi connectivity index (χ4v) is 2.00. The number of carbonyl (C=O) groups is 1. The second-order valence-corrected chi connectivity index (χ2v) is 4.41. The van der Waals surface area contributed by atoms with Crippen LogP contribution >= 0.6 is 0 Å². The molecule has 3 N–H and O–H groups in total. The number of amides is 1. The second kappa shape index (κ2) is 5.66. The molecule has 1 fully saturated rings. The van der Waals surface area contributed by atoms with E-state index in [1.165, 1.54) is 12.1 Å². The summed E-state index contributed by atoms with van der Waals surface area (Å²) in [5.74, 6) is -0.433. The van der Waals surface area contributed by atoms with Crippen LogP contribution in [0.2, 0.25) is 0 Å². The van der Waals surface area contributed by atoms with E-state index < -0.39 is 16.9 Å². The van der Waals surface area contributed by atoms with Crippen LogP contribution in [0.3, 0.4) is 0 Å². The highest BCUT2D eigenvalue weighted by atomic mass is 16.6. The smallest absolute Gasteiger partial charge is 0.269 e. The van der Waals surface area contributed by atoms with Crippen LogP contribution < -0.4 is 11.1 Å². The van der Waals surface area contributed by atoms with Gasteiger partial charge in [-0.2, -0.15) is 0 Å². The number of benzene rings is 1. The number of nitrogens with two attached hydrogens (primary N) is 1. The molecule has 0 aliphatic carbocycles. The van der Waals surface area contributed by atoms with Crippen molar-refractivity contribution >= 4 is 17.3 Å². The zero-order valence-electron chi connectivity index (χ0n) is 10.2. The maximum atomic E-state index is 10.9. The summed E-state index contributed by atoms with van der Waals surface area (Å²) in [6, 6.07) is 6.14. The number of nitro benzene ring substituents is 1. The SMILES string of the molecule is NC(=O)C1CCC(CNc2ccc([N+](=O)[O-])cc2)O1. The molecule has 1 aromatic carbocycles. The zero-order valence-corrected chi connectivity index (χ0v) is 10.2. The van der Waals surface area contributed by atoms with Gasteiger partial charge in [-0.1, -0.05) is 0 Å². The van der Waals surface area contributed by atoms with Gasteiger partial charge < -0.3 is 15.8 Å². The van der Waals surface area contributed by atoms with Gasteiger partial charge in [-0.05, 0) is 25.0 Å². The van der Waals surface area contributed by atoms with E-state index in [0.29, 0.717) is 13.0 Å². The first-order valence-electron chi connectivity index (χ1n) is 5.99. The third-order valence-electron chi connectivity index (χ3n) is 3.04. The summed E-state index contributed by atoms with van der Waals surface area (Å²) >= 11 is 0. The predicted octanol–water partition coefficient (Wildman–Crippen LogP) is 1.04. The third kappa shape index (κ3) is 3.41. The predicted molar refractivity (Wildman–Crippen MR) is 68.7 cm³/mol. The number of rotatable bonds is 5. The molecule has 1 aliphatic heterocycles. The summed E-state index contributed by atoms with van der Waals surface area (Å²) in [6.07, 6.45) is 0.853. The van der Waals surface area contributed by atoms with Crippen molar-refractivity contribution < 1.29 is 14.5 Å². The lowest BCUT2D eigenvalue weighted by molar-refractivity contribution is -0.384. The van der Waals surface area contributed by atoms with E-state index in [-0.39, 0.29) is 11.8 Å². The second-order valence-electron chi connectivity index (χ2n) is 4.41. The van der Waals surface area contributed by atoms with Gasteiger partial charge in [0, 0.05) is 24.4 Å². The van der Waals surface area contributed by atoms with Crippen molar-refractivity contribution in [3.05, 3.63) is 34.4 Å². The number of nitro groups is 1. The van der Waals surface area contributed by atoms with Crippen molar-refractivity contribution in [2.24, 2.45) is 5.73 Å². The van der Waals surface area contributed by atoms with E-state index in [4.69, 9.17) is 10.5 Å². The highest BCUT2D eigenvalue weighted by molar-refractivity contribution is 5.79. The van der Waals surface area contributed by atoms with Gasteiger partial charge in [0.2, 0.25) is 5.91 Å². The van der Waals surface area contributed by atoms with Crippen LogP contribution in [0.5, 0.6) is 0 Å². The van der Waals surface area contributed by atoms with Gasteiger partial charge in [0.15, 0.2) is 0 Å². The number of nitrogens with one attached hydrogen (secondary N) is 1. The monoisotopic (exact) mass is 265 g/mol. The Hall–Kier alpha value is -2.15. The number of primary amides is 1. The van der Waals surface area contributed by atoms with E-state index in [9.17, 15) is 14.9 Å². The van der Waals surface area contributed by atoms with Crippen molar-refractivity contribution in [2.75, 3.05) is 11.9 Å². The molecule has 1 aromatic rings. The van der Waals surface area contributed by atoms with Gasteiger partial charge >= 0.3 is 0 Å². The molecule has 2 rings (SSSR count). The number of carbonyl (C=O) groups excluding carboxylic acids is 1. The van der Waals surface area contributed by atoms with Gasteiger partial charge in [-0.3, -0.25) is 14.9 Å². The molecule has 0 spiro atoms. The number of ether oxygens (including phenoxy) is 1. The van der Waals surface area contributed by atoms with E-state index in [0.717, 1.165) is 12.1 Å². The van der Waals surface area contributed by atoms with Gasteiger partial charge in [-0.15, -0.1) is 0 Å². The fourth-order valence-electron chi connectivity index (χ4n) is 2.00. The van der Waals surface area contributed by atoms with E-state index in [1.807, 2.05) is 0 Å². The Morgan fingerprint density at radius 1 is 1.42 bits per heavy atom. The minimum Gasteiger partial charge on any atom is -0.382 e. The van der Waals surface area contributed by atoms with E-state index >= 15 is 0 Å². The molecule has 1 saturated heterocycles. The summed E-state index contributed by atoms with van der Waals surface area (Å²) in [6.45, 7) is 0.543. The molecule has 1 amide bonds. The minimum atomic E-state index is -0.497. The molecule has 102 valence electrons. The molecular weight excluding hydrogens is 250 g/mol. The molecule has 0 aromatic heterocycles. The number of hydrogen-bond acceptors (Lipinski definition) is 5. The Morgan fingerprint density at radius 2 is 2.11 bits per heavy atom. The van der Waals surface area contributed by atoms with Crippen LogP contribution in [0.1, 0.15) is 12.8 Å². The summed E-state index contributed by atoms with van der Waals surface area (Å²) in [5, 5.41) is 13.6. The number of hydrogen-bond donors (Lipinski definition) is 2. The van der Waals surface area contributed by atoms with Crippen molar-refractivity contribution in [3.8, 4) is 0 Å². The molecular formula is C12H15N3O4. The van der Waals surface area contributed by atoms with Crippen molar-refractivity contribution in [1.29, 1.82) is 0 Å². The first-order valence-corrected chi connectivity index (χ1v) is 5.99. The number of non-ortho nitro benzene ring substituents is 1. The molecule has 2 unspecified atom stereocenters. The van der Waals surface area contributed by atoms with Gasteiger partial charge in [0.25, 0.3) is 5.69 Å². The largest absolute Gasteiger partial charge is 0.382 e. The lowest BCUT2D eigenvalue weighted by Gasteiger charge is -2.13. The highest BCUT2D eigenvalue weighted by Gasteiger charge is 2.28. The van der Waals surface area contributed by atoms with Crippen LogP contribution in [-0.2, 0) is 9.53 Å². The third-order valence-corrected chi connectivity index (χ3v) is 3.04. The van der Waals surface area contributed by atoms with Crippen LogP contribution in [0.25, 0.3) is 0 Å². The maximum Gasteiger partial charge on any atom is 0.269 e. The average molecular weight is 265 g/mol. The average Bonchev–Trinajstić information content (AvgIpc) is 2.86. The minimum absolute atomic E-state index is 0.0523. The number of nitrogens with zero attached hydrogens (tertiary/aromatic N) is 1. The van der Waals surface area contributed by atoms with Crippen LogP contribution in [0.15, 0.2) is 24.3 Å². The fraction of sp³-hybridized carbons (Fsp3) is 0.417. The van der Waals surface area contributed by atoms with Crippen LogP contribution in [-0.4, -0.2) is 29.6 Å². The normalized spacial score (nSPS) is 22.1.